The highest BCUT2D eigenvalue weighted by molar-refractivity contribution is 7.92. The third-order valence-corrected chi connectivity index (χ3v) is 6.60. The summed E-state index contributed by atoms with van der Waals surface area (Å²) in [6, 6.07) is 5.89. The molecule has 1 fully saturated rings. The molecule has 0 bridgehead atoms. The van der Waals surface area contributed by atoms with Gasteiger partial charge in [-0.2, -0.15) is 0 Å². The topological polar surface area (TPSA) is 78.5 Å². The van der Waals surface area contributed by atoms with E-state index in [0.29, 0.717) is 31.6 Å². The second-order valence-corrected chi connectivity index (χ2v) is 9.18. The van der Waals surface area contributed by atoms with E-state index in [1.54, 1.807) is 0 Å². The van der Waals surface area contributed by atoms with Gasteiger partial charge in [0.15, 0.2) is 14.6 Å². The number of sulfone groups is 1. The number of aryl methyl sites for hydroxylation is 1. The van der Waals surface area contributed by atoms with Crippen molar-refractivity contribution in [2.24, 2.45) is 0 Å². The Morgan fingerprint density at radius 2 is 1.92 bits per heavy atom. The first-order valence-electron chi connectivity index (χ1n) is 8.12. The van der Waals surface area contributed by atoms with Gasteiger partial charge in [0.25, 0.3) is 0 Å². The van der Waals surface area contributed by atoms with E-state index in [-0.39, 0.29) is 0 Å². The molecule has 0 spiro atoms. The molecule has 0 radical (unpaired) electrons. The van der Waals surface area contributed by atoms with Crippen molar-refractivity contribution in [3.05, 3.63) is 29.3 Å². The zero-order valence-corrected chi connectivity index (χ0v) is 15.7. The maximum Gasteiger partial charge on any atom is 0.245 e. The second kappa shape index (κ2) is 7.21. The number of carbonyl (C=O) groups is 1. The minimum Gasteiger partial charge on any atom is -0.324 e. The number of anilines is 1. The summed E-state index contributed by atoms with van der Waals surface area (Å²) in [6.07, 6.45) is 1.76. The first-order valence-corrected chi connectivity index (χ1v) is 10.0. The number of nitrogens with zero attached hydrogens (tertiary/aromatic N) is 1. The molecular formula is C17H27N3O3S. The van der Waals surface area contributed by atoms with Gasteiger partial charge < -0.3 is 15.5 Å². The minimum absolute atomic E-state index is 0.300. The van der Waals surface area contributed by atoms with E-state index in [2.05, 4.69) is 10.6 Å². The summed E-state index contributed by atoms with van der Waals surface area (Å²) in [5, 5.41) is 6.00. The van der Waals surface area contributed by atoms with Crippen molar-refractivity contribution in [2.45, 2.75) is 31.1 Å². The fraction of sp³-hybridized carbons (Fsp3) is 0.588. The van der Waals surface area contributed by atoms with Crippen molar-refractivity contribution in [3.8, 4) is 0 Å². The van der Waals surface area contributed by atoms with Crippen molar-refractivity contribution >= 4 is 21.4 Å². The van der Waals surface area contributed by atoms with Crippen LogP contribution in [0.3, 0.4) is 0 Å². The summed E-state index contributed by atoms with van der Waals surface area (Å²) >= 11 is 0. The van der Waals surface area contributed by atoms with Crippen LogP contribution < -0.4 is 10.6 Å². The van der Waals surface area contributed by atoms with Crippen molar-refractivity contribution in [1.82, 2.24) is 10.2 Å². The van der Waals surface area contributed by atoms with Crippen LogP contribution in [0, 0.1) is 6.92 Å². The van der Waals surface area contributed by atoms with Gasteiger partial charge in [-0.3, -0.25) is 4.79 Å². The summed E-state index contributed by atoms with van der Waals surface area (Å²) < 4.78 is 23.3. The summed E-state index contributed by atoms with van der Waals surface area (Å²) in [5.41, 5.74) is 2.67. The summed E-state index contributed by atoms with van der Waals surface area (Å²) in [6.45, 7) is 3.72. The molecule has 1 aliphatic rings. The molecule has 1 heterocycles. The van der Waals surface area contributed by atoms with Crippen LogP contribution in [0.4, 0.5) is 5.69 Å². The SMILES string of the molecule is Cc1ccc(CN(C)C)cc1NC(=O)C1(S(C)(=O)=O)CCNCC1. The number of amides is 1. The summed E-state index contributed by atoms with van der Waals surface area (Å²) in [7, 11) is 0.447. The van der Waals surface area contributed by atoms with Crippen molar-refractivity contribution in [3.63, 3.8) is 0 Å². The molecule has 1 saturated heterocycles. The quantitative estimate of drug-likeness (QED) is 0.831. The Balaban J connectivity index is 2.30. The van der Waals surface area contributed by atoms with E-state index in [1.165, 1.54) is 0 Å². The third-order valence-electron chi connectivity index (χ3n) is 4.58. The fourth-order valence-electron chi connectivity index (χ4n) is 3.10. The van der Waals surface area contributed by atoms with E-state index < -0.39 is 20.5 Å². The molecule has 0 unspecified atom stereocenters. The van der Waals surface area contributed by atoms with Gasteiger partial charge in [0.05, 0.1) is 0 Å². The molecule has 134 valence electrons. The van der Waals surface area contributed by atoms with Gasteiger partial charge in [-0.1, -0.05) is 12.1 Å². The Kier molecular flexibility index (Phi) is 5.67. The Bertz CT molecular complexity index is 708. The van der Waals surface area contributed by atoms with Crippen LogP contribution in [0.1, 0.15) is 24.0 Å². The molecule has 6 nitrogen and oxygen atoms in total. The Labute approximate surface area is 144 Å². The molecular weight excluding hydrogens is 326 g/mol. The van der Waals surface area contributed by atoms with Crippen LogP contribution in [0.15, 0.2) is 18.2 Å². The maximum absolute atomic E-state index is 12.9. The second-order valence-electron chi connectivity index (χ2n) is 6.86. The predicted molar refractivity (Wildman–Crippen MR) is 96.9 cm³/mol. The highest BCUT2D eigenvalue weighted by Crippen LogP contribution is 2.30. The first-order chi connectivity index (χ1) is 11.2. The largest absolute Gasteiger partial charge is 0.324 e. The lowest BCUT2D eigenvalue weighted by atomic mass is 9.95. The number of hydrogen-bond donors (Lipinski definition) is 2. The van der Waals surface area contributed by atoms with Crippen molar-refractivity contribution in [1.29, 1.82) is 0 Å². The zero-order valence-electron chi connectivity index (χ0n) is 14.8. The van der Waals surface area contributed by atoms with Gasteiger partial charge >= 0.3 is 0 Å². The van der Waals surface area contributed by atoms with Crippen LogP contribution in [-0.4, -0.2) is 57.4 Å². The van der Waals surface area contributed by atoms with Gasteiger partial charge in [0.2, 0.25) is 5.91 Å². The number of carbonyl (C=O) groups excluding carboxylic acids is 1. The number of benzene rings is 1. The van der Waals surface area contributed by atoms with E-state index >= 15 is 0 Å². The smallest absolute Gasteiger partial charge is 0.245 e. The lowest BCUT2D eigenvalue weighted by Crippen LogP contribution is -2.55. The Morgan fingerprint density at radius 3 is 2.46 bits per heavy atom. The van der Waals surface area contributed by atoms with Gasteiger partial charge in [-0.15, -0.1) is 0 Å². The van der Waals surface area contributed by atoms with Crippen LogP contribution in [0.25, 0.3) is 0 Å². The fourth-order valence-corrected chi connectivity index (χ4v) is 4.43. The minimum atomic E-state index is -3.51. The lowest BCUT2D eigenvalue weighted by Gasteiger charge is -2.34. The molecule has 1 amide bonds. The van der Waals surface area contributed by atoms with Crippen LogP contribution in [0.5, 0.6) is 0 Å². The maximum atomic E-state index is 12.9. The molecule has 0 atom stereocenters. The molecule has 2 rings (SSSR count). The molecule has 0 saturated carbocycles. The number of hydrogen-bond acceptors (Lipinski definition) is 5. The molecule has 0 aliphatic carbocycles. The number of nitrogens with one attached hydrogen (secondary N) is 2. The van der Waals surface area contributed by atoms with Gasteiger partial charge in [0, 0.05) is 18.5 Å². The molecule has 1 aliphatic heterocycles. The standard InChI is InChI=1S/C17H27N3O3S/c1-13-5-6-14(12-20(2)3)11-15(13)19-16(21)17(24(4,22)23)7-9-18-10-8-17/h5-6,11,18H,7-10,12H2,1-4H3,(H,19,21). The number of piperidine rings is 1. The van der Waals surface area contributed by atoms with Crippen molar-refractivity contribution in [2.75, 3.05) is 38.8 Å². The summed E-state index contributed by atoms with van der Waals surface area (Å²) in [5.74, 6) is -0.420. The zero-order chi connectivity index (χ0) is 18.0. The van der Waals surface area contributed by atoms with Crippen LogP contribution in [0.2, 0.25) is 0 Å². The molecule has 2 N–H and O–H groups in total. The molecule has 1 aromatic rings. The van der Waals surface area contributed by atoms with E-state index in [4.69, 9.17) is 0 Å². The lowest BCUT2D eigenvalue weighted by molar-refractivity contribution is -0.119. The average Bonchev–Trinajstić information content (AvgIpc) is 2.49. The molecule has 1 aromatic carbocycles. The van der Waals surface area contributed by atoms with Crippen molar-refractivity contribution < 1.29 is 13.2 Å². The Hall–Kier alpha value is -1.44. The Morgan fingerprint density at radius 1 is 1.29 bits per heavy atom. The normalized spacial score (nSPS) is 17.7. The molecule has 24 heavy (non-hydrogen) atoms. The van der Waals surface area contributed by atoms with Crippen LogP contribution in [-0.2, 0) is 21.2 Å². The van der Waals surface area contributed by atoms with E-state index in [0.717, 1.165) is 23.9 Å². The molecule has 0 aromatic heterocycles. The first kappa shape index (κ1) is 18.9. The third kappa shape index (κ3) is 3.96. The van der Waals surface area contributed by atoms with E-state index in [1.807, 2.05) is 44.1 Å². The molecule has 7 heteroatoms. The van der Waals surface area contributed by atoms with Gasteiger partial charge in [0.1, 0.15) is 0 Å². The van der Waals surface area contributed by atoms with Crippen LogP contribution >= 0.6 is 0 Å². The van der Waals surface area contributed by atoms with E-state index in [9.17, 15) is 13.2 Å². The monoisotopic (exact) mass is 353 g/mol. The highest BCUT2D eigenvalue weighted by atomic mass is 32.2. The average molecular weight is 353 g/mol. The summed E-state index contributed by atoms with van der Waals surface area (Å²) in [4.78, 5) is 14.9. The highest BCUT2D eigenvalue weighted by Gasteiger charge is 2.48. The van der Waals surface area contributed by atoms with Gasteiger partial charge in [-0.25, -0.2) is 8.42 Å². The predicted octanol–water partition coefficient (Wildman–Crippen LogP) is 1.16. The van der Waals surface area contributed by atoms with Gasteiger partial charge in [-0.05, 0) is 64.1 Å². The number of rotatable bonds is 5.